The van der Waals surface area contributed by atoms with Crippen molar-refractivity contribution in [2.75, 3.05) is 6.61 Å². The van der Waals surface area contributed by atoms with Gasteiger partial charge >= 0.3 is 5.97 Å². The summed E-state index contributed by atoms with van der Waals surface area (Å²) in [5, 5.41) is 0. The normalized spacial score (nSPS) is 10.0. The smallest absolute Gasteiger partial charge is 0.308 e. The molecular weight excluding hydrogens is 240 g/mol. The van der Waals surface area contributed by atoms with Crippen molar-refractivity contribution < 1.29 is 14.3 Å². The molecular formula is C16H16O3. The Kier molecular flexibility index (Phi) is 4.18. The third-order valence-electron chi connectivity index (χ3n) is 2.59. The van der Waals surface area contributed by atoms with Crippen molar-refractivity contribution in [3.63, 3.8) is 0 Å². The van der Waals surface area contributed by atoms with E-state index in [2.05, 4.69) is 0 Å². The first kappa shape index (κ1) is 13.1. The topological polar surface area (TPSA) is 35.5 Å². The van der Waals surface area contributed by atoms with Crippen LogP contribution in [0.15, 0.2) is 48.5 Å². The minimum Gasteiger partial charge on any atom is -0.493 e. The van der Waals surface area contributed by atoms with E-state index in [1.807, 2.05) is 49.4 Å². The van der Waals surface area contributed by atoms with Crippen LogP contribution in [0.4, 0.5) is 0 Å². The van der Waals surface area contributed by atoms with Crippen LogP contribution in [0.1, 0.15) is 13.8 Å². The average Bonchev–Trinajstić information content (AvgIpc) is 2.39. The summed E-state index contributed by atoms with van der Waals surface area (Å²) in [5.41, 5.74) is 1.95. The fraction of sp³-hybridized carbons (Fsp3) is 0.188. The Morgan fingerprint density at radius 2 is 1.89 bits per heavy atom. The maximum atomic E-state index is 11.0. The van der Waals surface area contributed by atoms with Crippen molar-refractivity contribution >= 4 is 5.97 Å². The number of ether oxygens (including phenoxy) is 2. The number of para-hydroxylation sites is 1. The molecule has 0 spiro atoms. The largest absolute Gasteiger partial charge is 0.493 e. The average molecular weight is 256 g/mol. The monoisotopic (exact) mass is 256 g/mol. The molecule has 0 saturated heterocycles. The van der Waals surface area contributed by atoms with E-state index in [9.17, 15) is 4.79 Å². The van der Waals surface area contributed by atoms with E-state index in [1.165, 1.54) is 6.92 Å². The van der Waals surface area contributed by atoms with Gasteiger partial charge in [0.1, 0.15) is 11.5 Å². The molecule has 3 heteroatoms. The summed E-state index contributed by atoms with van der Waals surface area (Å²) < 4.78 is 10.7. The van der Waals surface area contributed by atoms with Crippen molar-refractivity contribution in [2.45, 2.75) is 13.8 Å². The molecule has 2 rings (SSSR count). The second-order valence-electron chi connectivity index (χ2n) is 4.05. The molecule has 0 heterocycles. The Morgan fingerprint density at radius 1 is 1.11 bits per heavy atom. The molecule has 0 bridgehead atoms. The quantitative estimate of drug-likeness (QED) is 0.618. The number of hydrogen-bond donors (Lipinski definition) is 0. The fourth-order valence-corrected chi connectivity index (χ4v) is 1.88. The van der Waals surface area contributed by atoms with Crippen molar-refractivity contribution in [3.8, 4) is 22.6 Å². The van der Waals surface area contributed by atoms with Crippen LogP contribution in [0.2, 0.25) is 0 Å². The summed E-state index contributed by atoms with van der Waals surface area (Å²) in [7, 11) is 0. The van der Waals surface area contributed by atoms with Crippen molar-refractivity contribution in [1.82, 2.24) is 0 Å². The molecule has 3 nitrogen and oxygen atoms in total. The molecule has 0 saturated carbocycles. The van der Waals surface area contributed by atoms with Crippen LogP contribution >= 0.6 is 0 Å². The van der Waals surface area contributed by atoms with Crippen LogP contribution in [0.3, 0.4) is 0 Å². The molecule has 0 aromatic heterocycles. The molecule has 0 aliphatic rings. The molecule has 0 atom stereocenters. The molecule has 0 radical (unpaired) electrons. The highest BCUT2D eigenvalue weighted by Crippen LogP contribution is 2.31. The summed E-state index contributed by atoms with van der Waals surface area (Å²) in [6.45, 7) is 3.95. The van der Waals surface area contributed by atoms with Crippen LogP contribution in [0.5, 0.6) is 11.5 Å². The van der Waals surface area contributed by atoms with E-state index in [-0.39, 0.29) is 5.97 Å². The second kappa shape index (κ2) is 6.05. The molecule has 19 heavy (non-hydrogen) atoms. The van der Waals surface area contributed by atoms with Gasteiger partial charge in [-0.3, -0.25) is 4.79 Å². The number of hydrogen-bond acceptors (Lipinski definition) is 3. The van der Waals surface area contributed by atoms with Crippen LogP contribution in [0, 0.1) is 0 Å². The van der Waals surface area contributed by atoms with Gasteiger partial charge in [0.15, 0.2) is 0 Å². The van der Waals surface area contributed by atoms with Gasteiger partial charge in [0.2, 0.25) is 0 Å². The van der Waals surface area contributed by atoms with Gasteiger partial charge in [-0.25, -0.2) is 0 Å². The van der Waals surface area contributed by atoms with Gasteiger partial charge in [-0.15, -0.1) is 0 Å². The Balaban J connectivity index is 2.38. The van der Waals surface area contributed by atoms with Gasteiger partial charge in [-0.05, 0) is 30.7 Å². The van der Waals surface area contributed by atoms with E-state index in [0.29, 0.717) is 12.4 Å². The minimum atomic E-state index is -0.324. The van der Waals surface area contributed by atoms with E-state index >= 15 is 0 Å². The molecule has 0 N–H and O–H groups in total. The van der Waals surface area contributed by atoms with E-state index in [4.69, 9.17) is 9.47 Å². The number of carbonyl (C=O) groups is 1. The molecule has 0 aliphatic carbocycles. The van der Waals surface area contributed by atoms with Gasteiger partial charge in [0.05, 0.1) is 6.61 Å². The summed E-state index contributed by atoms with van der Waals surface area (Å²) in [5.74, 6) is 1.04. The first-order valence-electron chi connectivity index (χ1n) is 6.21. The summed E-state index contributed by atoms with van der Waals surface area (Å²) in [6.07, 6.45) is 0. The predicted molar refractivity (Wildman–Crippen MR) is 74.4 cm³/mol. The summed E-state index contributed by atoms with van der Waals surface area (Å²) >= 11 is 0. The van der Waals surface area contributed by atoms with Crippen LogP contribution in [-0.2, 0) is 4.79 Å². The van der Waals surface area contributed by atoms with Crippen molar-refractivity contribution in [1.29, 1.82) is 0 Å². The Bertz CT molecular complexity index is 576. The number of rotatable bonds is 4. The van der Waals surface area contributed by atoms with Crippen LogP contribution < -0.4 is 9.47 Å². The molecule has 2 aromatic carbocycles. The Labute approximate surface area is 112 Å². The number of benzene rings is 2. The maximum absolute atomic E-state index is 11.0. The Hall–Kier alpha value is -2.29. The lowest BCUT2D eigenvalue weighted by Crippen LogP contribution is -2.01. The summed E-state index contributed by atoms with van der Waals surface area (Å²) in [6, 6.07) is 15.2. The zero-order valence-corrected chi connectivity index (χ0v) is 11.1. The SMILES string of the molecule is CCOc1ccccc1-c1cccc(OC(C)=O)c1. The fourth-order valence-electron chi connectivity index (χ4n) is 1.88. The van der Waals surface area contributed by atoms with Gasteiger partial charge in [-0.1, -0.05) is 30.3 Å². The van der Waals surface area contributed by atoms with Gasteiger partial charge in [-0.2, -0.15) is 0 Å². The third-order valence-corrected chi connectivity index (χ3v) is 2.59. The number of carbonyl (C=O) groups excluding carboxylic acids is 1. The lowest BCUT2D eigenvalue weighted by atomic mass is 10.0. The third kappa shape index (κ3) is 3.35. The zero-order valence-electron chi connectivity index (χ0n) is 11.1. The summed E-state index contributed by atoms with van der Waals surface area (Å²) in [4.78, 5) is 11.0. The molecule has 2 aromatic rings. The minimum absolute atomic E-state index is 0.324. The second-order valence-corrected chi connectivity index (χ2v) is 4.05. The van der Waals surface area contributed by atoms with Gasteiger partial charge < -0.3 is 9.47 Å². The highest BCUT2D eigenvalue weighted by molar-refractivity contribution is 5.74. The van der Waals surface area contributed by atoms with Crippen LogP contribution in [-0.4, -0.2) is 12.6 Å². The van der Waals surface area contributed by atoms with Crippen LogP contribution in [0.25, 0.3) is 11.1 Å². The van der Waals surface area contributed by atoms with E-state index in [0.717, 1.165) is 16.9 Å². The highest BCUT2D eigenvalue weighted by atomic mass is 16.5. The predicted octanol–water partition coefficient (Wildman–Crippen LogP) is 3.68. The van der Waals surface area contributed by atoms with E-state index in [1.54, 1.807) is 6.07 Å². The lowest BCUT2D eigenvalue weighted by molar-refractivity contribution is -0.131. The first-order chi connectivity index (χ1) is 9.20. The number of esters is 1. The van der Waals surface area contributed by atoms with Gasteiger partial charge in [0, 0.05) is 12.5 Å². The lowest BCUT2D eigenvalue weighted by Gasteiger charge is -2.11. The highest BCUT2D eigenvalue weighted by Gasteiger charge is 2.07. The zero-order chi connectivity index (χ0) is 13.7. The molecule has 0 aliphatic heterocycles. The Morgan fingerprint density at radius 3 is 2.63 bits per heavy atom. The molecule has 0 fully saturated rings. The van der Waals surface area contributed by atoms with Crippen molar-refractivity contribution in [2.24, 2.45) is 0 Å². The van der Waals surface area contributed by atoms with Crippen molar-refractivity contribution in [3.05, 3.63) is 48.5 Å². The molecule has 0 unspecified atom stereocenters. The standard InChI is InChI=1S/C16H16O3/c1-3-18-16-10-5-4-9-15(16)13-7-6-8-14(11-13)19-12(2)17/h4-11H,3H2,1-2H3. The molecule has 0 amide bonds. The first-order valence-corrected chi connectivity index (χ1v) is 6.21. The van der Waals surface area contributed by atoms with Gasteiger partial charge in [0.25, 0.3) is 0 Å². The maximum Gasteiger partial charge on any atom is 0.308 e. The van der Waals surface area contributed by atoms with E-state index < -0.39 is 0 Å². The molecule has 98 valence electrons.